The highest BCUT2D eigenvalue weighted by molar-refractivity contribution is 7.99. The number of amides is 1. The first-order valence-electron chi connectivity index (χ1n) is 8.71. The number of anilines is 1. The maximum atomic E-state index is 12.6. The maximum absolute atomic E-state index is 12.6. The Hall–Kier alpha value is -3.00. The number of aromatic nitrogens is 2. The van der Waals surface area contributed by atoms with Gasteiger partial charge in [-0.3, -0.25) is 14.2 Å². The van der Waals surface area contributed by atoms with Crippen LogP contribution in [0.25, 0.3) is 10.9 Å². The van der Waals surface area contributed by atoms with E-state index in [9.17, 15) is 9.59 Å². The van der Waals surface area contributed by atoms with Crippen LogP contribution < -0.4 is 20.3 Å². The summed E-state index contributed by atoms with van der Waals surface area (Å²) in [7, 11) is 3.09. The molecule has 0 unspecified atom stereocenters. The zero-order valence-electron chi connectivity index (χ0n) is 15.9. The summed E-state index contributed by atoms with van der Waals surface area (Å²) in [6.45, 7) is 2.36. The molecule has 0 radical (unpaired) electrons. The topological polar surface area (TPSA) is 82.5 Å². The molecule has 0 spiro atoms. The van der Waals surface area contributed by atoms with Gasteiger partial charge in [0, 0.05) is 12.6 Å². The number of para-hydroxylation sites is 1. The Morgan fingerprint density at radius 2 is 1.96 bits per heavy atom. The first-order chi connectivity index (χ1) is 13.6. The third-order valence-corrected chi connectivity index (χ3v) is 5.13. The average Bonchev–Trinajstić information content (AvgIpc) is 2.72. The van der Waals surface area contributed by atoms with Crippen molar-refractivity contribution in [3.8, 4) is 11.5 Å². The number of ether oxygens (including phenoxy) is 2. The van der Waals surface area contributed by atoms with Gasteiger partial charge in [-0.25, -0.2) is 4.98 Å². The van der Waals surface area contributed by atoms with Crippen molar-refractivity contribution < 1.29 is 14.3 Å². The van der Waals surface area contributed by atoms with Gasteiger partial charge in [0.25, 0.3) is 5.56 Å². The van der Waals surface area contributed by atoms with Crippen molar-refractivity contribution in [2.75, 3.05) is 25.3 Å². The smallest absolute Gasteiger partial charge is 0.262 e. The Morgan fingerprint density at radius 1 is 1.18 bits per heavy atom. The predicted molar refractivity (Wildman–Crippen MR) is 111 cm³/mol. The van der Waals surface area contributed by atoms with Crippen molar-refractivity contribution in [2.24, 2.45) is 0 Å². The van der Waals surface area contributed by atoms with E-state index in [2.05, 4.69) is 10.3 Å². The molecule has 3 rings (SSSR count). The third-order valence-electron chi connectivity index (χ3n) is 4.16. The van der Waals surface area contributed by atoms with Crippen molar-refractivity contribution in [1.82, 2.24) is 9.55 Å². The zero-order valence-corrected chi connectivity index (χ0v) is 16.7. The number of nitrogens with zero attached hydrogens (tertiary/aromatic N) is 2. The minimum atomic E-state index is -0.224. The second kappa shape index (κ2) is 8.79. The molecule has 1 aromatic heterocycles. The summed E-state index contributed by atoms with van der Waals surface area (Å²) in [5.74, 6) is 1.03. The van der Waals surface area contributed by atoms with Gasteiger partial charge >= 0.3 is 0 Å². The molecule has 8 heteroatoms. The molecule has 0 saturated carbocycles. The van der Waals surface area contributed by atoms with E-state index in [1.807, 2.05) is 19.1 Å². The van der Waals surface area contributed by atoms with Gasteiger partial charge in [-0.1, -0.05) is 23.9 Å². The summed E-state index contributed by atoms with van der Waals surface area (Å²) in [4.78, 5) is 29.6. The molecule has 0 aliphatic rings. The summed E-state index contributed by atoms with van der Waals surface area (Å²) in [6, 6.07) is 12.4. The number of carbonyl (C=O) groups excluding carboxylic acids is 1. The van der Waals surface area contributed by atoms with Gasteiger partial charge in [-0.15, -0.1) is 0 Å². The first-order valence-corrected chi connectivity index (χ1v) is 9.70. The number of fused-ring (bicyclic) bond motifs is 1. The van der Waals surface area contributed by atoms with Crippen LogP contribution in [0.1, 0.15) is 6.92 Å². The van der Waals surface area contributed by atoms with E-state index >= 15 is 0 Å². The number of methoxy groups -OCH3 is 2. The molecule has 0 bridgehead atoms. The van der Waals surface area contributed by atoms with E-state index in [0.717, 1.165) is 0 Å². The molecule has 1 amide bonds. The highest BCUT2D eigenvalue weighted by Crippen LogP contribution is 2.29. The molecular formula is C20H21N3O4S. The van der Waals surface area contributed by atoms with Crippen molar-refractivity contribution in [2.45, 2.75) is 18.6 Å². The maximum Gasteiger partial charge on any atom is 0.262 e. The lowest BCUT2D eigenvalue weighted by molar-refractivity contribution is -0.113. The van der Waals surface area contributed by atoms with E-state index in [1.165, 1.54) is 18.9 Å². The van der Waals surface area contributed by atoms with Crippen LogP contribution in [0.4, 0.5) is 5.69 Å². The number of hydrogen-bond donors (Lipinski definition) is 1. The minimum Gasteiger partial charge on any atom is -0.497 e. The van der Waals surface area contributed by atoms with Crippen LogP contribution in [-0.2, 0) is 11.3 Å². The Kier molecular flexibility index (Phi) is 6.20. The van der Waals surface area contributed by atoms with Crippen LogP contribution in [0.2, 0.25) is 0 Å². The van der Waals surface area contributed by atoms with Gasteiger partial charge in [-0.05, 0) is 31.2 Å². The summed E-state index contributed by atoms with van der Waals surface area (Å²) >= 11 is 1.22. The van der Waals surface area contributed by atoms with Gasteiger partial charge in [-0.2, -0.15) is 0 Å². The SMILES string of the molecule is CCn1c(SCC(=O)Nc2ccc(OC)cc2OC)nc2ccccc2c1=O. The molecular weight excluding hydrogens is 378 g/mol. The number of rotatable bonds is 7. The van der Waals surface area contributed by atoms with Crippen LogP contribution >= 0.6 is 11.8 Å². The zero-order chi connectivity index (χ0) is 20.1. The number of nitrogens with one attached hydrogen (secondary N) is 1. The van der Waals surface area contributed by atoms with Crippen LogP contribution in [0.3, 0.4) is 0 Å². The van der Waals surface area contributed by atoms with Gasteiger partial charge in [0.05, 0.1) is 36.6 Å². The molecule has 2 aromatic carbocycles. The predicted octanol–water partition coefficient (Wildman–Crippen LogP) is 3.16. The van der Waals surface area contributed by atoms with Crippen LogP contribution in [0, 0.1) is 0 Å². The largest absolute Gasteiger partial charge is 0.497 e. The van der Waals surface area contributed by atoms with E-state index in [4.69, 9.17) is 9.47 Å². The second-order valence-electron chi connectivity index (χ2n) is 5.86. The lowest BCUT2D eigenvalue weighted by Crippen LogP contribution is -2.23. The van der Waals surface area contributed by atoms with Gasteiger partial charge in [0.1, 0.15) is 11.5 Å². The van der Waals surface area contributed by atoms with Crippen molar-refractivity contribution in [1.29, 1.82) is 0 Å². The number of carbonyl (C=O) groups is 1. The van der Waals surface area contributed by atoms with Gasteiger partial charge in [0.15, 0.2) is 5.16 Å². The Bertz CT molecular complexity index is 1060. The van der Waals surface area contributed by atoms with E-state index < -0.39 is 0 Å². The van der Waals surface area contributed by atoms with Crippen molar-refractivity contribution in [3.63, 3.8) is 0 Å². The summed E-state index contributed by atoms with van der Waals surface area (Å²) in [6.07, 6.45) is 0. The Labute approximate surface area is 166 Å². The number of thioether (sulfide) groups is 1. The summed E-state index contributed by atoms with van der Waals surface area (Å²) < 4.78 is 12.0. The summed E-state index contributed by atoms with van der Waals surface area (Å²) in [5, 5.41) is 3.90. The third kappa shape index (κ3) is 4.12. The fraction of sp³-hybridized carbons (Fsp3) is 0.250. The molecule has 1 heterocycles. The molecule has 0 atom stereocenters. The quantitative estimate of drug-likeness (QED) is 0.485. The highest BCUT2D eigenvalue weighted by Gasteiger charge is 2.14. The second-order valence-corrected chi connectivity index (χ2v) is 6.81. The van der Waals surface area contributed by atoms with E-state index in [0.29, 0.717) is 39.8 Å². The van der Waals surface area contributed by atoms with E-state index in [-0.39, 0.29) is 17.2 Å². The van der Waals surface area contributed by atoms with Gasteiger partial charge < -0.3 is 14.8 Å². The normalized spacial score (nSPS) is 10.7. The minimum absolute atomic E-state index is 0.104. The van der Waals surface area contributed by atoms with Crippen LogP contribution in [0.15, 0.2) is 52.4 Å². The summed E-state index contributed by atoms with van der Waals surface area (Å²) in [5.41, 5.74) is 1.07. The van der Waals surface area contributed by atoms with Gasteiger partial charge in [0.2, 0.25) is 5.91 Å². The molecule has 0 saturated heterocycles. The Morgan fingerprint density at radius 3 is 2.68 bits per heavy atom. The molecule has 0 aliphatic heterocycles. The molecule has 0 fully saturated rings. The fourth-order valence-electron chi connectivity index (χ4n) is 2.75. The van der Waals surface area contributed by atoms with Crippen LogP contribution in [-0.4, -0.2) is 35.4 Å². The van der Waals surface area contributed by atoms with E-state index in [1.54, 1.807) is 42.0 Å². The number of benzene rings is 2. The molecule has 7 nitrogen and oxygen atoms in total. The number of hydrogen-bond acceptors (Lipinski definition) is 6. The monoisotopic (exact) mass is 399 g/mol. The first kappa shape index (κ1) is 19.8. The fourth-order valence-corrected chi connectivity index (χ4v) is 3.62. The van der Waals surface area contributed by atoms with Crippen molar-refractivity contribution in [3.05, 3.63) is 52.8 Å². The highest BCUT2D eigenvalue weighted by atomic mass is 32.2. The molecule has 3 aromatic rings. The molecule has 0 aliphatic carbocycles. The Balaban J connectivity index is 1.77. The lowest BCUT2D eigenvalue weighted by Gasteiger charge is -2.13. The van der Waals surface area contributed by atoms with Crippen molar-refractivity contribution >= 4 is 34.3 Å². The van der Waals surface area contributed by atoms with Crippen LogP contribution in [0.5, 0.6) is 11.5 Å². The lowest BCUT2D eigenvalue weighted by atomic mass is 10.2. The molecule has 146 valence electrons. The average molecular weight is 399 g/mol. The standard InChI is InChI=1S/C20H21N3O4S/c1-4-23-19(25)14-7-5-6-8-15(14)22-20(23)28-12-18(24)21-16-10-9-13(26-2)11-17(16)27-3/h5-11H,4,12H2,1-3H3,(H,21,24). The molecule has 28 heavy (non-hydrogen) atoms. The molecule has 1 N–H and O–H groups in total.